The van der Waals surface area contributed by atoms with Gasteiger partial charge in [-0.1, -0.05) is 30.0 Å². The summed E-state index contributed by atoms with van der Waals surface area (Å²) < 4.78 is 0. The lowest BCUT2D eigenvalue weighted by molar-refractivity contribution is 0.102. The molecule has 3 N–H and O–H groups in total. The SMILES string of the molecule is C#Cc1ccc(NC(=O)c2c(C#C)cccc2NC(=O)c2ccc(C(=N)N3CCCCC3)cc2)cc1. The second kappa shape index (κ2) is 11.1. The second-order valence-corrected chi connectivity index (χ2v) is 8.48. The predicted molar refractivity (Wildman–Crippen MR) is 143 cm³/mol. The Labute approximate surface area is 211 Å². The van der Waals surface area contributed by atoms with Gasteiger partial charge in [0.1, 0.15) is 5.84 Å². The molecule has 1 aliphatic rings. The van der Waals surface area contributed by atoms with Crippen LogP contribution in [0.5, 0.6) is 0 Å². The van der Waals surface area contributed by atoms with Crippen LogP contribution >= 0.6 is 0 Å². The molecule has 1 heterocycles. The number of nitrogens with zero attached hydrogens (tertiary/aromatic N) is 1. The summed E-state index contributed by atoms with van der Waals surface area (Å²) in [5.41, 5.74) is 3.27. The Bertz CT molecular complexity index is 1370. The van der Waals surface area contributed by atoms with Crippen LogP contribution in [0.2, 0.25) is 0 Å². The molecule has 0 atom stereocenters. The molecule has 2 amide bonds. The number of anilines is 2. The monoisotopic (exact) mass is 474 g/mol. The maximum Gasteiger partial charge on any atom is 0.259 e. The largest absolute Gasteiger partial charge is 0.357 e. The Kier molecular flexibility index (Phi) is 7.48. The van der Waals surface area contributed by atoms with Crippen LogP contribution in [0.25, 0.3) is 0 Å². The van der Waals surface area contributed by atoms with Crippen LogP contribution in [0.1, 0.15) is 56.7 Å². The van der Waals surface area contributed by atoms with E-state index in [0.717, 1.165) is 31.5 Å². The molecule has 1 aliphatic heterocycles. The van der Waals surface area contributed by atoms with E-state index in [4.69, 9.17) is 18.3 Å². The first-order valence-electron chi connectivity index (χ1n) is 11.7. The maximum absolute atomic E-state index is 13.1. The number of hydrogen-bond donors (Lipinski definition) is 3. The van der Waals surface area contributed by atoms with Gasteiger partial charge in [-0.25, -0.2) is 0 Å². The first-order valence-corrected chi connectivity index (χ1v) is 11.7. The summed E-state index contributed by atoms with van der Waals surface area (Å²) in [4.78, 5) is 28.2. The predicted octanol–water partition coefficient (Wildman–Crippen LogP) is 4.97. The zero-order chi connectivity index (χ0) is 25.5. The molecule has 36 heavy (non-hydrogen) atoms. The van der Waals surface area contributed by atoms with E-state index in [0.29, 0.717) is 33.9 Å². The molecule has 0 unspecified atom stereocenters. The summed E-state index contributed by atoms with van der Waals surface area (Å²) in [5, 5.41) is 14.1. The zero-order valence-corrected chi connectivity index (χ0v) is 19.8. The number of benzene rings is 3. The number of rotatable bonds is 5. The van der Waals surface area contributed by atoms with E-state index >= 15 is 0 Å². The topological polar surface area (TPSA) is 85.3 Å². The van der Waals surface area contributed by atoms with E-state index < -0.39 is 5.91 Å². The minimum Gasteiger partial charge on any atom is -0.357 e. The van der Waals surface area contributed by atoms with Crippen molar-refractivity contribution in [1.82, 2.24) is 4.90 Å². The van der Waals surface area contributed by atoms with E-state index in [9.17, 15) is 9.59 Å². The normalized spacial score (nSPS) is 12.7. The summed E-state index contributed by atoms with van der Waals surface area (Å²) in [6.45, 7) is 1.76. The molecule has 1 saturated heterocycles. The number of hydrogen-bond acceptors (Lipinski definition) is 3. The molecule has 6 heteroatoms. The van der Waals surface area contributed by atoms with Crippen molar-refractivity contribution in [2.75, 3.05) is 23.7 Å². The van der Waals surface area contributed by atoms with Crippen molar-refractivity contribution < 1.29 is 9.59 Å². The lowest BCUT2D eigenvalue weighted by atomic mass is 10.0. The van der Waals surface area contributed by atoms with Crippen LogP contribution in [0, 0.1) is 30.1 Å². The molecule has 3 aromatic carbocycles. The third-order valence-corrected chi connectivity index (χ3v) is 6.10. The number of nitrogens with one attached hydrogen (secondary N) is 3. The number of likely N-dealkylation sites (tertiary alicyclic amines) is 1. The van der Waals surface area contributed by atoms with E-state index in [-0.39, 0.29) is 11.5 Å². The van der Waals surface area contributed by atoms with E-state index in [1.165, 1.54) is 6.42 Å². The third-order valence-electron chi connectivity index (χ3n) is 6.10. The zero-order valence-electron chi connectivity index (χ0n) is 19.8. The fourth-order valence-electron chi connectivity index (χ4n) is 4.14. The van der Waals surface area contributed by atoms with Gasteiger partial charge in [0, 0.05) is 41.0 Å². The molecule has 0 saturated carbocycles. The lowest BCUT2D eigenvalue weighted by Gasteiger charge is -2.29. The molecule has 4 rings (SSSR count). The van der Waals surface area contributed by atoms with Crippen molar-refractivity contribution in [3.8, 4) is 24.7 Å². The highest BCUT2D eigenvalue weighted by Gasteiger charge is 2.19. The average molecular weight is 475 g/mol. The molecule has 0 bridgehead atoms. The highest BCUT2D eigenvalue weighted by atomic mass is 16.2. The molecule has 0 spiro atoms. The summed E-state index contributed by atoms with van der Waals surface area (Å²) in [7, 11) is 0. The summed E-state index contributed by atoms with van der Waals surface area (Å²) in [6.07, 6.45) is 14.4. The van der Waals surface area contributed by atoms with Crippen LogP contribution < -0.4 is 10.6 Å². The van der Waals surface area contributed by atoms with Gasteiger partial charge < -0.3 is 15.5 Å². The number of amides is 2. The van der Waals surface area contributed by atoms with Crippen molar-refractivity contribution in [2.24, 2.45) is 0 Å². The number of terminal acetylenes is 2. The summed E-state index contributed by atoms with van der Waals surface area (Å²) in [5.74, 6) is 4.69. The average Bonchev–Trinajstić information content (AvgIpc) is 2.93. The van der Waals surface area contributed by atoms with Crippen LogP contribution in [0.4, 0.5) is 11.4 Å². The molecule has 0 radical (unpaired) electrons. The standard InChI is InChI=1S/C30H26N4O2/c1-3-21-11-17-25(18-12-21)32-30(36)27-22(4-2)9-8-10-26(27)33-29(35)24-15-13-23(14-16-24)28(31)34-19-6-5-7-20-34/h1-2,8-18,31H,5-7,19-20H2,(H,32,36)(H,33,35). The smallest absolute Gasteiger partial charge is 0.259 e. The van der Waals surface area contributed by atoms with Gasteiger partial charge in [0.2, 0.25) is 0 Å². The first kappa shape index (κ1) is 24.3. The van der Waals surface area contributed by atoms with Crippen LogP contribution in [0.15, 0.2) is 66.7 Å². The van der Waals surface area contributed by atoms with Crippen LogP contribution in [-0.2, 0) is 0 Å². The Morgan fingerprint density at radius 3 is 2.08 bits per heavy atom. The number of carbonyl (C=O) groups is 2. The minimum absolute atomic E-state index is 0.192. The fraction of sp³-hybridized carbons (Fsp3) is 0.167. The van der Waals surface area contributed by atoms with Crippen molar-refractivity contribution in [1.29, 1.82) is 5.41 Å². The Balaban J connectivity index is 1.52. The van der Waals surface area contributed by atoms with Gasteiger partial charge in [-0.3, -0.25) is 15.0 Å². The molecule has 178 valence electrons. The summed E-state index contributed by atoms with van der Waals surface area (Å²) >= 11 is 0. The lowest BCUT2D eigenvalue weighted by Crippen LogP contribution is -2.35. The summed E-state index contributed by atoms with van der Waals surface area (Å²) in [6, 6.07) is 18.7. The van der Waals surface area contributed by atoms with Gasteiger partial charge in [-0.2, -0.15) is 0 Å². The van der Waals surface area contributed by atoms with Gasteiger partial charge in [-0.05, 0) is 67.8 Å². The van der Waals surface area contributed by atoms with Crippen molar-refractivity contribution in [3.63, 3.8) is 0 Å². The van der Waals surface area contributed by atoms with Crippen LogP contribution in [0.3, 0.4) is 0 Å². The Morgan fingerprint density at radius 2 is 1.44 bits per heavy atom. The molecule has 3 aromatic rings. The van der Waals surface area contributed by atoms with Gasteiger partial charge in [-0.15, -0.1) is 12.8 Å². The molecule has 0 aliphatic carbocycles. The van der Waals surface area contributed by atoms with E-state index in [1.54, 1.807) is 66.7 Å². The quantitative estimate of drug-likeness (QED) is 0.277. The maximum atomic E-state index is 13.1. The number of amidine groups is 1. The van der Waals surface area contributed by atoms with Gasteiger partial charge in [0.15, 0.2) is 0 Å². The highest BCUT2D eigenvalue weighted by Crippen LogP contribution is 2.23. The van der Waals surface area contributed by atoms with Crippen molar-refractivity contribution >= 4 is 29.0 Å². The Morgan fingerprint density at radius 1 is 0.778 bits per heavy atom. The molecule has 6 nitrogen and oxygen atoms in total. The number of piperidine rings is 1. The molecule has 1 fully saturated rings. The second-order valence-electron chi connectivity index (χ2n) is 8.48. The van der Waals surface area contributed by atoms with Gasteiger partial charge in [0.05, 0.1) is 11.3 Å². The van der Waals surface area contributed by atoms with Crippen molar-refractivity contribution in [2.45, 2.75) is 19.3 Å². The third kappa shape index (κ3) is 5.46. The van der Waals surface area contributed by atoms with Gasteiger partial charge in [0.25, 0.3) is 11.8 Å². The molecular formula is C30H26N4O2. The highest BCUT2D eigenvalue weighted by molar-refractivity contribution is 6.14. The molecule has 0 aromatic heterocycles. The fourth-order valence-corrected chi connectivity index (χ4v) is 4.14. The van der Waals surface area contributed by atoms with Crippen molar-refractivity contribution in [3.05, 3.63) is 94.5 Å². The van der Waals surface area contributed by atoms with E-state index in [2.05, 4.69) is 27.4 Å². The van der Waals surface area contributed by atoms with E-state index in [1.807, 2.05) is 0 Å². The number of carbonyl (C=O) groups excluding carboxylic acids is 2. The molecular weight excluding hydrogens is 448 g/mol. The van der Waals surface area contributed by atoms with Crippen LogP contribution in [-0.4, -0.2) is 35.6 Å². The van der Waals surface area contributed by atoms with Gasteiger partial charge >= 0.3 is 0 Å². The first-order chi connectivity index (χ1) is 17.5. The Hall–Kier alpha value is -4.81. The minimum atomic E-state index is -0.447.